The Morgan fingerprint density at radius 2 is 1.81 bits per heavy atom. The van der Waals surface area contributed by atoms with Gasteiger partial charge in [-0.2, -0.15) is 0 Å². The molecule has 1 aromatic carbocycles. The third kappa shape index (κ3) is 5.91. The standard InChI is InChI=1S/C13H19N3O3S.ClH/c1-20(18,19)16-11-7-5-10(6-8-11)15-13(17)12-4-2-3-9-14-12;/h5-8,12,14,16H,2-4,9H2,1H3,(H,15,17);1H/t12-;/m1./s1. The molecule has 0 saturated carbocycles. The SMILES string of the molecule is CS(=O)(=O)Nc1ccc(NC(=O)[C@H]2CCCCN2)cc1.Cl. The van der Waals surface area contributed by atoms with Crippen molar-refractivity contribution in [2.24, 2.45) is 0 Å². The summed E-state index contributed by atoms with van der Waals surface area (Å²) in [6, 6.07) is 6.44. The third-order valence-corrected chi connectivity index (χ3v) is 3.69. The van der Waals surface area contributed by atoms with Crippen LogP contribution in [-0.4, -0.2) is 33.2 Å². The van der Waals surface area contributed by atoms with Crippen LogP contribution in [0.3, 0.4) is 0 Å². The van der Waals surface area contributed by atoms with Crippen LogP contribution in [0.4, 0.5) is 11.4 Å². The van der Waals surface area contributed by atoms with Gasteiger partial charge in [0.05, 0.1) is 12.3 Å². The zero-order valence-corrected chi connectivity index (χ0v) is 13.4. The van der Waals surface area contributed by atoms with Crippen molar-refractivity contribution in [1.29, 1.82) is 0 Å². The molecule has 0 spiro atoms. The van der Waals surface area contributed by atoms with Gasteiger partial charge in [0.2, 0.25) is 15.9 Å². The van der Waals surface area contributed by atoms with Crippen LogP contribution in [0.2, 0.25) is 0 Å². The summed E-state index contributed by atoms with van der Waals surface area (Å²) >= 11 is 0. The van der Waals surface area contributed by atoms with Crippen molar-refractivity contribution in [2.45, 2.75) is 25.3 Å². The fraction of sp³-hybridized carbons (Fsp3) is 0.462. The van der Waals surface area contributed by atoms with Crippen molar-refractivity contribution in [3.63, 3.8) is 0 Å². The molecule has 21 heavy (non-hydrogen) atoms. The Bertz CT molecular complexity index is 569. The summed E-state index contributed by atoms with van der Waals surface area (Å²) in [6.45, 7) is 0.870. The number of anilines is 2. The number of hydrogen-bond donors (Lipinski definition) is 3. The molecule has 3 N–H and O–H groups in total. The fourth-order valence-electron chi connectivity index (χ4n) is 2.14. The van der Waals surface area contributed by atoms with Crippen LogP contribution in [0.25, 0.3) is 0 Å². The molecule has 1 aromatic rings. The van der Waals surface area contributed by atoms with E-state index in [-0.39, 0.29) is 24.4 Å². The molecule has 0 bridgehead atoms. The summed E-state index contributed by atoms with van der Waals surface area (Å²) in [7, 11) is -3.28. The number of nitrogens with one attached hydrogen (secondary N) is 3. The number of halogens is 1. The Hall–Kier alpha value is -1.31. The predicted octanol–water partition coefficient (Wildman–Crippen LogP) is 1.56. The Labute approximate surface area is 131 Å². The van der Waals surface area contributed by atoms with Gasteiger partial charge >= 0.3 is 0 Å². The van der Waals surface area contributed by atoms with Gasteiger partial charge in [0, 0.05) is 11.4 Å². The predicted molar refractivity (Wildman–Crippen MR) is 86.4 cm³/mol. The summed E-state index contributed by atoms with van der Waals surface area (Å²) in [5.41, 5.74) is 1.13. The monoisotopic (exact) mass is 333 g/mol. The first-order chi connectivity index (χ1) is 9.44. The summed E-state index contributed by atoms with van der Waals surface area (Å²) < 4.78 is 24.5. The van der Waals surface area contributed by atoms with Crippen molar-refractivity contribution in [2.75, 3.05) is 22.8 Å². The highest BCUT2D eigenvalue weighted by molar-refractivity contribution is 7.92. The third-order valence-electron chi connectivity index (χ3n) is 3.08. The number of amides is 1. The molecule has 1 amide bonds. The number of rotatable bonds is 4. The van der Waals surface area contributed by atoms with Gasteiger partial charge in [-0.05, 0) is 43.7 Å². The molecule has 2 rings (SSSR count). The van der Waals surface area contributed by atoms with E-state index in [4.69, 9.17) is 0 Å². The van der Waals surface area contributed by atoms with Gasteiger partial charge in [-0.15, -0.1) is 12.4 Å². The maximum Gasteiger partial charge on any atom is 0.241 e. The van der Waals surface area contributed by atoms with E-state index in [2.05, 4.69) is 15.4 Å². The van der Waals surface area contributed by atoms with Gasteiger partial charge in [-0.3, -0.25) is 9.52 Å². The average molecular weight is 334 g/mol. The van der Waals surface area contributed by atoms with Crippen LogP contribution in [0, 0.1) is 0 Å². The van der Waals surface area contributed by atoms with E-state index < -0.39 is 10.0 Å². The van der Waals surface area contributed by atoms with Crippen LogP contribution in [0.5, 0.6) is 0 Å². The van der Waals surface area contributed by atoms with Gasteiger partial charge in [0.1, 0.15) is 0 Å². The van der Waals surface area contributed by atoms with Crippen molar-refractivity contribution < 1.29 is 13.2 Å². The largest absolute Gasteiger partial charge is 0.325 e. The van der Waals surface area contributed by atoms with Crippen LogP contribution in [-0.2, 0) is 14.8 Å². The summed E-state index contributed by atoms with van der Waals surface area (Å²) in [4.78, 5) is 12.0. The van der Waals surface area contributed by atoms with E-state index in [1.807, 2.05) is 0 Å². The Kier molecular flexibility index (Phi) is 6.44. The maximum absolute atomic E-state index is 12.0. The molecular formula is C13H20ClN3O3S. The molecule has 6 nitrogen and oxygen atoms in total. The van der Waals surface area contributed by atoms with Gasteiger partial charge in [-0.1, -0.05) is 6.42 Å². The minimum absolute atomic E-state index is 0. The average Bonchev–Trinajstić information content (AvgIpc) is 2.40. The van der Waals surface area contributed by atoms with E-state index in [0.717, 1.165) is 32.1 Å². The Morgan fingerprint density at radius 1 is 1.19 bits per heavy atom. The van der Waals surface area contributed by atoms with Gasteiger partial charge in [0.15, 0.2) is 0 Å². The van der Waals surface area contributed by atoms with E-state index in [0.29, 0.717) is 11.4 Å². The van der Waals surface area contributed by atoms with E-state index in [9.17, 15) is 13.2 Å². The van der Waals surface area contributed by atoms with E-state index in [1.165, 1.54) is 0 Å². The molecule has 118 valence electrons. The van der Waals surface area contributed by atoms with E-state index >= 15 is 0 Å². The molecule has 1 atom stereocenters. The molecule has 1 aliphatic rings. The first kappa shape index (κ1) is 17.7. The highest BCUT2D eigenvalue weighted by atomic mass is 35.5. The van der Waals surface area contributed by atoms with Crippen LogP contribution < -0.4 is 15.4 Å². The minimum atomic E-state index is -3.28. The van der Waals surface area contributed by atoms with Crippen LogP contribution in [0.1, 0.15) is 19.3 Å². The molecule has 8 heteroatoms. The highest BCUT2D eigenvalue weighted by Gasteiger charge is 2.20. The Morgan fingerprint density at radius 3 is 2.33 bits per heavy atom. The number of benzene rings is 1. The van der Waals surface area contributed by atoms with Gasteiger partial charge in [-0.25, -0.2) is 8.42 Å². The lowest BCUT2D eigenvalue weighted by Gasteiger charge is -2.22. The van der Waals surface area contributed by atoms with Gasteiger partial charge in [0.25, 0.3) is 0 Å². The van der Waals surface area contributed by atoms with Crippen molar-refractivity contribution in [1.82, 2.24) is 5.32 Å². The number of carbonyl (C=O) groups excluding carboxylic acids is 1. The normalized spacial score (nSPS) is 18.4. The second kappa shape index (κ2) is 7.63. The second-order valence-corrected chi connectivity index (χ2v) is 6.69. The molecule has 0 radical (unpaired) electrons. The smallest absolute Gasteiger partial charge is 0.241 e. The molecule has 0 unspecified atom stereocenters. The summed E-state index contributed by atoms with van der Waals surface area (Å²) in [6.07, 6.45) is 4.11. The lowest BCUT2D eigenvalue weighted by Crippen LogP contribution is -2.43. The van der Waals surface area contributed by atoms with Crippen molar-refractivity contribution >= 4 is 39.7 Å². The number of piperidine rings is 1. The molecule has 1 fully saturated rings. The molecule has 0 aromatic heterocycles. The first-order valence-electron chi connectivity index (χ1n) is 6.56. The summed E-state index contributed by atoms with van der Waals surface area (Å²) in [5, 5.41) is 6.00. The lowest BCUT2D eigenvalue weighted by molar-refractivity contribution is -0.118. The zero-order chi connectivity index (χ0) is 14.6. The topological polar surface area (TPSA) is 87.3 Å². The van der Waals surface area contributed by atoms with Crippen LogP contribution >= 0.6 is 12.4 Å². The molecule has 1 aliphatic heterocycles. The number of carbonyl (C=O) groups is 1. The molecule has 0 aliphatic carbocycles. The zero-order valence-electron chi connectivity index (χ0n) is 11.8. The second-order valence-electron chi connectivity index (χ2n) is 4.94. The quantitative estimate of drug-likeness (QED) is 0.780. The summed E-state index contributed by atoms with van der Waals surface area (Å²) in [5.74, 6) is -0.0477. The van der Waals surface area contributed by atoms with Gasteiger partial charge < -0.3 is 10.6 Å². The van der Waals surface area contributed by atoms with E-state index in [1.54, 1.807) is 24.3 Å². The lowest BCUT2D eigenvalue weighted by atomic mass is 10.0. The molecular weight excluding hydrogens is 314 g/mol. The first-order valence-corrected chi connectivity index (χ1v) is 8.45. The fourth-order valence-corrected chi connectivity index (χ4v) is 2.70. The Balaban J connectivity index is 0.00000220. The van der Waals surface area contributed by atoms with Crippen LogP contribution in [0.15, 0.2) is 24.3 Å². The maximum atomic E-state index is 12.0. The molecule has 1 heterocycles. The minimum Gasteiger partial charge on any atom is -0.325 e. The van der Waals surface area contributed by atoms with Crippen molar-refractivity contribution in [3.05, 3.63) is 24.3 Å². The number of hydrogen-bond acceptors (Lipinski definition) is 4. The van der Waals surface area contributed by atoms with Crippen molar-refractivity contribution in [3.8, 4) is 0 Å². The highest BCUT2D eigenvalue weighted by Crippen LogP contribution is 2.16. The molecule has 1 saturated heterocycles. The number of sulfonamides is 1.